The minimum Gasteiger partial charge on any atom is -0.328 e. The number of likely N-dealkylation sites (tertiary alicyclic amines) is 1. The van der Waals surface area contributed by atoms with E-state index in [1.165, 1.54) is 5.69 Å². The van der Waals surface area contributed by atoms with Gasteiger partial charge in [0.05, 0.1) is 5.69 Å². The van der Waals surface area contributed by atoms with Crippen LogP contribution in [0.3, 0.4) is 0 Å². The van der Waals surface area contributed by atoms with E-state index in [9.17, 15) is 0 Å². The molecule has 0 radical (unpaired) electrons. The second-order valence-corrected chi connectivity index (χ2v) is 5.65. The molecule has 3 atom stereocenters. The highest BCUT2D eigenvalue weighted by molar-refractivity contribution is 5.00. The maximum absolute atomic E-state index is 6.00. The van der Waals surface area contributed by atoms with E-state index >= 15 is 0 Å². The molecule has 0 aliphatic carbocycles. The number of aromatic nitrogens is 2. The van der Waals surface area contributed by atoms with Crippen LogP contribution in [0, 0.1) is 0 Å². The van der Waals surface area contributed by atoms with Crippen LogP contribution in [0.4, 0.5) is 0 Å². The zero-order valence-corrected chi connectivity index (χ0v) is 11.8. The fourth-order valence-electron chi connectivity index (χ4n) is 2.59. The Hall–Kier alpha value is -0.870. The van der Waals surface area contributed by atoms with E-state index in [0.29, 0.717) is 18.1 Å². The number of hydrogen-bond acceptors (Lipinski definition) is 3. The van der Waals surface area contributed by atoms with E-state index in [-0.39, 0.29) is 0 Å². The molecule has 0 amide bonds. The molecule has 0 bridgehead atoms. The second kappa shape index (κ2) is 5.85. The van der Waals surface area contributed by atoms with Crippen molar-refractivity contribution in [1.82, 2.24) is 14.7 Å². The van der Waals surface area contributed by atoms with Gasteiger partial charge in [-0.05, 0) is 39.2 Å². The van der Waals surface area contributed by atoms with Gasteiger partial charge in [-0.15, -0.1) is 0 Å². The van der Waals surface area contributed by atoms with Gasteiger partial charge < -0.3 is 5.73 Å². The van der Waals surface area contributed by atoms with E-state index in [4.69, 9.17) is 5.73 Å². The van der Waals surface area contributed by atoms with Crippen LogP contribution in [-0.2, 0) is 6.54 Å². The Kier molecular flexibility index (Phi) is 4.40. The summed E-state index contributed by atoms with van der Waals surface area (Å²) in [7, 11) is 0. The molecule has 1 fully saturated rings. The van der Waals surface area contributed by atoms with Crippen molar-refractivity contribution >= 4 is 0 Å². The highest BCUT2D eigenvalue weighted by Crippen LogP contribution is 2.18. The molecule has 1 aliphatic rings. The number of hydrogen-bond donors (Lipinski definition) is 1. The summed E-state index contributed by atoms with van der Waals surface area (Å²) in [5.41, 5.74) is 7.17. The Morgan fingerprint density at radius 2 is 2.33 bits per heavy atom. The molecular weight excluding hydrogens is 224 g/mol. The molecule has 1 saturated heterocycles. The number of piperidine rings is 1. The summed E-state index contributed by atoms with van der Waals surface area (Å²) >= 11 is 0. The van der Waals surface area contributed by atoms with Crippen LogP contribution in [0.15, 0.2) is 12.3 Å². The summed E-state index contributed by atoms with van der Waals surface area (Å²) in [6.07, 6.45) is 5.43. The molecule has 3 unspecified atom stereocenters. The van der Waals surface area contributed by atoms with E-state index in [2.05, 4.69) is 47.7 Å². The highest BCUT2D eigenvalue weighted by Gasteiger charge is 2.23. The largest absolute Gasteiger partial charge is 0.328 e. The minimum absolute atomic E-state index is 0.383. The van der Waals surface area contributed by atoms with Crippen molar-refractivity contribution in [3.63, 3.8) is 0 Å². The summed E-state index contributed by atoms with van der Waals surface area (Å²) in [6.45, 7) is 8.72. The van der Waals surface area contributed by atoms with Crippen LogP contribution in [0.2, 0.25) is 0 Å². The lowest BCUT2D eigenvalue weighted by molar-refractivity contribution is 0.138. The molecule has 0 aromatic carbocycles. The number of rotatable bonds is 4. The molecule has 0 saturated carbocycles. The summed E-state index contributed by atoms with van der Waals surface area (Å²) in [5, 5.41) is 4.67. The molecule has 1 aromatic rings. The Morgan fingerprint density at radius 3 is 3.00 bits per heavy atom. The van der Waals surface area contributed by atoms with Crippen LogP contribution < -0.4 is 5.73 Å². The van der Waals surface area contributed by atoms with Gasteiger partial charge in [0.2, 0.25) is 0 Å². The third-order valence-corrected chi connectivity index (χ3v) is 4.13. The van der Waals surface area contributed by atoms with Gasteiger partial charge in [0.15, 0.2) is 0 Å². The average Bonchev–Trinajstić information content (AvgIpc) is 2.80. The number of nitrogens with two attached hydrogens (primary N) is 1. The van der Waals surface area contributed by atoms with Crippen molar-refractivity contribution in [1.29, 1.82) is 0 Å². The topological polar surface area (TPSA) is 47.1 Å². The van der Waals surface area contributed by atoms with E-state index in [0.717, 1.165) is 32.4 Å². The molecule has 1 aliphatic heterocycles. The van der Waals surface area contributed by atoms with Crippen molar-refractivity contribution < 1.29 is 0 Å². The maximum Gasteiger partial charge on any atom is 0.0764 e. The molecule has 1 aromatic heterocycles. The van der Waals surface area contributed by atoms with Crippen LogP contribution >= 0.6 is 0 Å². The first-order valence-electron chi connectivity index (χ1n) is 7.13. The van der Waals surface area contributed by atoms with Crippen LogP contribution in [0.1, 0.15) is 51.8 Å². The Balaban J connectivity index is 1.95. The van der Waals surface area contributed by atoms with Gasteiger partial charge in [-0.2, -0.15) is 5.10 Å². The highest BCUT2D eigenvalue weighted by atomic mass is 15.3. The van der Waals surface area contributed by atoms with Crippen molar-refractivity contribution in [3.8, 4) is 0 Å². The zero-order valence-electron chi connectivity index (χ0n) is 11.8. The third-order valence-electron chi connectivity index (χ3n) is 4.13. The Bertz CT molecular complexity index is 374. The van der Waals surface area contributed by atoms with E-state index in [1.54, 1.807) is 0 Å². The molecule has 4 heteroatoms. The summed E-state index contributed by atoms with van der Waals surface area (Å²) in [5.74, 6) is 0. The predicted octanol–water partition coefficient (Wildman–Crippen LogP) is 2.17. The molecule has 2 N–H and O–H groups in total. The molecule has 4 nitrogen and oxygen atoms in total. The fourth-order valence-corrected chi connectivity index (χ4v) is 2.59. The van der Waals surface area contributed by atoms with Gasteiger partial charge in [-0.1, -0.05) is 6.92 Å². The van der Waals surface area contributed by atoms with Crippen molar-refractivity contribution in [2.75, 3.05) is 6.54 Å². The first-order chi connectivity index (χ1) is 8.60. The van der Waals surface area contributed by atoms with E-state index < -0.39 is 0 Å². The van der Waals surface area contributed by atoms with Gasteiger partial charge in [0.25, 0.3) is 0 Å². The minimum atomic E-state index is 0.383. The van der Waals surface area contributed by atoms with Crippen LogP contribution in [0.5, 0.6) is 0 Å². The lowest BCUT2D eigenvalue weighted by Gasteiger charge is -2.35. The predicted molar refractivity (Wildman–Crippen MR) is 74.3 cm³/mol. The maximum atomic E-state index is 6.00. The fraction of sp³-hybridized carbons (Fsp3) is 0.786. The summed E-state index contributed by atoms with van der Waals surface area (Å²) in [6, 6.07) is 3.59. The molecule has 102 valence electrons. The van der Waals surface area contributed by atoms with Gasteiger partial charge >= 0.3 is 0 Å². The molecule has 18 heavy (non-hydrogen) atoms. The SMILES string of the molecule is CCC(C)n1ccc(CN2CCC(N)CC2C)n1. The standard InChI is InChI=1S/C14H26N4/c1-4-11(2)18-8-6-14(16-18)10-17-7-5-13(15)9-12(17)3/h6,8,11-13H,4-5,7,9-10,15H2,1-3H3. The van der Waals surface area contributed by atoms with Crippen LogP contribution in [-0.4, -0.2) is 33.3 Å². The first-order valence-corrected chi connectivity index (χ1v) is 7.13. The molecule has 2 heterocycles. The van der Waals surface area contributed by atoms with Gasteiger partial charge in [-0.3, -0.25) is 9.58 Å². The molecule has 0 spiro atoms. The summed E-state index contributed by atoms with van der Waals surface area (Å²) in [4.78, 5) is 2.49. The second-order valence-electron chi connectivity index (χ2n) is 5.65. The smallest absolute Gasteiger partial charge is 0.0764 e. The van der Waals surface area contributed by atoms with E-state index in [1.807, 2.05) is 0 Å². The third kappa shape index (κ3) is 3.12. The first kappa shape index (κ1) is 13.6. The van der Waals surface area contributed by atoms with Crippen molar-refractivity contribution in [3.05, 3.63) is 18.0 Å². The van der Waals surface area contributed by atoms with Crippen LogP contribution in [0.25, 0.3) is 0 Å². The number of nitrogens with zero attached hydrogens (tertiary/aromatic N) is 3. The average molecular weight is 250 g/mol. The van der Waals surface area contributed by atoms with Gasteiger partial charge in [0.1, 0.15) is 0 Å². The molecule has 2 rings (SSSR count). The monoisotopic (exact) mass is 250 g/mol. The van der Waals surface area contributed by atoms with Gasteiger partial charge in [0, 0.05) is 37.4 Å². The lowest BCUT2D eigenvalue weighted by atomic mass is 9.99. The quantitative estimate of drug-likeness (QED) is 0.891. The Morgan fingerprint density at radius 1 is 1.56 bits per heavy atom. The summed E-state index contributed by atoms with van der Waals surface area (Å²) < 4.78 is 2.08. The van der Waals surface area contributed by atoms with Gasteiger partial charge in [-0.25, -0.2) is 0 Å². The zero-order chi connectivity index (χ0) is 13.1. The molecular formula is C14H26N4. The van der Waals surface area contributed by atoms with Crippen molar-refractivity contribution in [2.45, 2.75) is 64.7 Å². The lowest BCUT2D eigenvalue weighted by Crippen LogP contribution is -2.45. The van der Waals surface area contributed by atoms with Crippen molar-refractivity contribution in [2.24, 2.45) is 5.73 Å². The Labute approximate surface area is 110 Å². The normalized spacial score (nSPS) is 27.3.